The Bertz CT molecular complexity index is 368. The standard InChI is InChI=1S/C11H16N2O3/c1-4-5-9-7(2)12-10(13-11(9)15)6-16-8(3)14/h4-6H2,1-3H3,(H,12,13,15). The molecule has 0 saturated carbocycles. The first kappa shape index (κ1) is 12.4. The van der Waals surface area contributed by atoms with Crippen molar-refractivity contribution in [2.75, 3.05) is 0 Å². The molecule has 0 aliphatic rings. The minimum absolute atomic E-state index is 0.00383. The molecule has 0 bridgehead atoms. The molecule has 5 nitrogen and oxygen atoms in total. The van der Waals surface area contributed by atoms with Gasteiger partial charge in [-0.3, -0.25) is 4.79 Å². The first-order valence-corrected chi connectivity index (χ1v) is 5.23. The zero-order valence-corrected chi connectivity index (χ0v) is 9.78. The predicted octanol–water partition coefficient (Wildman–Crippen LogP) is 1.51. The Kier molecular flexibility index (Phi) is 4.22. The van der Waals surface area contributed by atoms with Crippen LogP contribution in [0.15, 0.2) is 0 Å². The van der Waals surface area contributed by atoms with Gasteiger partial charge in [-0.05, 0) is 13.3 Å². The molecule has 1 heterocycles. The molecule has 1 rings (SSSR count). The lowest BCUT2D eigenvalue weighted by Gasteiger charge is -2.08. The maximum Gasteiger partial charge on any atom is 0.303 e. The molecule has 1 N–H and O–H groups in total. The molecule has 0 fully saturated rings. The Morgan fingerprint density at radius 2 is 2.12 bits per heavy atom. The number of aromatic hydroxyl groups is 1. The Labute approximate surface area is 94.5 Å². The molecular formula is C11H16N2O3. The van der Waals surface area contributed by atoms with Crippen molar-refractivity contribution < 1.29 is 14.6 Å². The van der Waals surface area contributed by atoms with Crippen LogP contribution in [0, 0.1) is 6.92 Å². The van der Waals surface area contributed by atoms with Crippen LogP contribution < -0.4 is 0 Å². The van der Waals surface area contributed by atoms with Crippen LogP contribution in [0.2, 0.25) is 0 Å². The second-order valence-corrected chi connectivity index (χ2v) is 3.56. The number of aryl methyl sites for hydroxylation is 1. The molecule has 0 saturated heterocycles. The Morgan fingerprint density at radius 3 is 2.62 bits per heavy atom. The number of carbonyl (C=O) groups excluding carboxylic acids is 1. The number of esters is 1. The van der Waals surface area contributed by atoms with Gasteiger partial charge in [-0.1, -0.05) is 13.3 Å². The van der Waals surface area contributed by atoms with E-state index in [1.807, 2.05) is 13.8 Å². The number of aromatic nitrogens is 2. The number of carbonyl (C=O) groups is 1. The van der Waals surface area contributed by atoms with Crippen molar-refractivity contribution in [2.24, 2.45) is 0 Å². The molecule has 16 heavy (non-hydrogen) atoms. The van der Waals surface area contributed by atoms with Crippen molar-refractivity contribution in [1.29, 1.82) is 0 Å². The van der Waals surface area contributed by atoms with Gasteiger partial charge in [0.05, 0.1) is 0 Å². The van der Waals surface area contributed by atoms with E-state index < -0.39 is 5.97 Å². The molecule has 0 unspecified atom stereocenters. The third-order valence-electron chi connectivity index (χ3n) is 2.14. The van der Waals surface area contributed by atoms with Crippen molar-refractivity contribution in [3.63, 3.8) is 0 Å². The number of nitrogens with zero attached hydrogens (tertiary/aromatic N) is 2. The van der Waals surface area contributed by atoms with Crippen molar-refractivity contribution in [3.8, 4) is 5.88 Å². The molecule has 0 amide bonds. The van der Waals surface area contributed by atoms with Crippen LogP contribution in [-0.4, -0.2) is 21.0 Å². The van der Waals surface area contributed by atoms with E-state index in [0.29, 0.717) is 5.82 Å². The predicted molar refractivity (Wildman–Crippen MR) is 57.9 cm³/mol. The van der Waals surface area contributed by atoms with E-state index in [9.17, 15) is 9.90 Å². The third kappa shape index (κ3) is 3.18. The fourth-order valence-electron chi connectivity index (χ4n) is 1.41. The van der Waals surface area contributed by atoms with E-state index in [-0.39, 0.29) is 12.5 Å². The monoisotopic (exact) mass is 224 g/mol. The first-order chi connectivity index (χ1) is 7.54. The van der Waals surface area contributed by atoms with Crippen molar-refractivity contribution >= 4 is 5.97 Å². The summed E-state index contributed by atoms with van der Waals surface area (Å²) >= 11 is 0. The second kappa shape index (κ2) is 5.44. The highest BCUT2D eigenvalue weighted by Crippen LogP contribution is 2.19. The summed E-state index contributed by atoms with van der Waals surface area (Å²) in [5.41, 5.74) is 1.49. The molecule has 0 spiro atoms. The molecule has 88 valence electrons. The first-order valence-electron chi connectivity index (χ1n) is 5.23. The largest absolute Gasteiger partial charge is 0.493 e. The summed E-state index contributed by atoms with van der Waals surface area (Å²) in [5.74, 6) is -0.0834. The smallest absolute Gasteiger partial charge is 0.303 e. The van der Waals surface area contributed by atoms with Crippen LogP contribution in [0.3, 0.4) is 0 Å². The Balaban J connectivity index is 2.86. The van der Waals surface area contributed by atoms with Crippen LogP contribution in [0.1, 0.15) is 37.4 Å². The normalized spacial score (nSPS) is 10.2. The lowest BCUT2D eigenvalue weighted by Crippen LogP contribution is -2.06. The Hall–Kier alpha value is -1.65. The number of ether oxygens (including phenoxy) is 1. The van der Waals surface area contributed by atoms with Gasteiger partial charge in [0.1, 0.15) is 0 Å². The highest BCUT2D eigenvalue weighted by Gasteiger charge is 2.10. The summed E-state index contributed by atoms with van der Waals surface area (Å²) in [6, 6.07) is 0. The van der Waals surface area contributed by atoms with E-state index in [0.717, 1.165) is 24.1 Å². The Morgan fingerprint density at radius 1 is 1.44 bits per heavy atom. The maximum atomic E-state index is 10.6. The maximum absolute atomic E-state index is 10.6. The molecule has 0 atom stereocenters. The van der Waals surface area contributed by atoms with Gasteiger partial charge >= 0.3 is 5.97 Å². The van der Waals surface area contributed by atoms with Gasteiger partial charge in [0.25, 0.3) is 0 Å². The number of rotatable bonds is 4. The van der Waals surface area contributed by atoms with Crippen LogP contribution >= 0.6 is 0 Å². The summed E-state index contributed by atoms with van der Waals surface area (Å²) < 4.78 is 4.76. The summed E-state index contributed by atoms with van der Waals surface area (Å²) in [4.78, 5) is 18.7. The molecule has 0 radical (unpaired) electrons. The quantitative estimate of drug-likeness (QED) is 0.785. The van der Waals surface area contributed by atoms with Crippen molar-refractivity contribution in [2.45, 2.75) is 40.2 Å². The SMILES string of the molecule is CCCc1c(C)nc(COC(C)=O)nc1O. The van der Waals surface area contributed by atoms with Crippen molar-refractivity contribution in [3.05, 3.63) is 17.1 Å². The summed E-state index contributed by atoms with van der Waals surface area (Å²) in [7, 11) is 0. The highest BCUT2D eigenvalue weighted by molar-refractivity contribution is 5.65. The van der Waals surface area contributed by atoms with Crippen molar-refractivity contribution in [1.82, 2.24) is 9.97 Å². The zero-order valence-electron chi connectivity index (χ0n) is 9.78. The molecule has 1 aromatic rings. The van der Waals surface area contributed by atoms with E-state index in [1.54, 1.807) is 0 Å². The number of hydrogen-bond acceptors (Lipinski definition) is 5. The zero-order chi connectivity index (χ0) is 12.1. The van der Waals surface area contributed by atoms with Gasteiger partial charge in [-0.15, -0.1) is 0 Å². The molecule has 0 aliphatic carbocycles. The van der Waals surface area contributed by atoms with Crippen LogP contribution in [0.4, 0.5) is 0 Å². The summed E-state index contributed by atoms with van der Waals surface area (Å²) in [6.07, 6.45) is 1.66. The van der Waals surface area contributed by atoms with Gasteiger partial charge in [-0.2, -0.15) is 4.98 Å². The average molecular weight is 224 g/mol. The lowest BCUT2D eigenvalue weighted by molar-refractivity contribution is -0.142. The molecule has 0 aromatic carbocycles. The van der Waals surface area contributed by atoms with E-state index in [4.69, 9.17) is 4.74 Å². The summed E-state index contributed by atoms with van der Waals surface area (Å²) in [6.45, 7) is 5.14. The van der Waals surface area contributed by atoms with E-state index >= 15 is 0 Å². The van der Waals surface area contributed by atoms with Crippen LogP contribution in [-0.2, 0) is 22.6 Å². The molecular weight excluding hydrogens is 208 g/mol. The van der Waals surface area contributed by atoms with Gasteiger partial charge in [0.2, 0.25) is 5.88 Å². The summed E-state index contributed by atoms with van der Waals surface area (Å²) in [5, 5.41) is 9.68. The lowest BCUT2D eigenvalue weighted by atomic mass is 10.1. The topological polar surface area (TPSA) is 72.3 Å². The van der Waals surface area contributed by atoms with Crippen LogP contribution in [0.5, 0.6) is 5.88 Å². The van der Waals surface area contributed by atoms with Crippen LogP contribution in [0.25, 0.3) is 0 Å². The third-order valence-corrected chi connectivity index (χ3v) is 2.14. The fraction of sp³-hybridized carbons (Fsp3) is 0.545. The minimum atomic E-state index is -0.390. The fourth-order valence-corrected chi connectivity index (χ4v) is 1.41. The second-order valence-electron chi connectivity index (χ2n) is 3.56. The number of hydrogen-bond donors (Lipinski definition) is 1. The van der Waals surface area contributed by atoms with E-state index in [2.05, 4.69) is 9.97 Å². The molecule has 1 aromatic heterocycles. The van der Waals surface area contributed by atoms with Gasteiger partial charge in [-0.25, -0.2) is 4.98 Å². The van der Waals surface area contributed by atoms with E-state index in [1.165, 1.54) is 6.92 Å². The minimum Gasteiger partial charge on any atom is -0.493 e. The highest BCUT2D eigenvalue weighted by atomic mass is 16.5. The van der Waals surface area contributed by atoms with Gasteiger partial charge < -0.3 is 9.84 Å². The molecule has 5 heteroatoms. The van der Waals surface area contributed by atoms with Gasteiger partial charge in [0, 0.05) is 18.2 Å². The van der Waals surface area contributed by atoms with Gasteiger partial charge in [0.15, 0.2) is 12.4 Å². The average Bonchev–Trinajstić information content (AvgIpc) is 2.20. The molecule has 0 aliphatic heterocycles.